The molecule has 112 valence electrons. The lowest BCUT2D eigenvalue weighted by Gasteiger charge is -2.27. The van der Waals surface area contributed by atoms with Crippen LogP contribution in [0, 0.1) is 0 Å². The van der Waals surface area contributed by atoms with Crippen molar-refractivity contribution in [3.63, 3.8) is 0 Å². The van der Waals surface area contributed by atoms with Crippen molar-refractivity contribution in [3.05, 3.63) is 18.0 Å². The van der Waals surface area contributed by atoms with E-state index in [0.29, 0.717) is 6.04 Å². The molecule has 2 fully saturated rings. The van der Waals surface area contributed by atoms with Gasteiger partial charge in [-0.25, -0.2) is 0 Å². The summed E-state index contributed by atoms with van der Waals surface area (Å²) in [5, 5.41) is 4.82. The van der Waals surface area contributed by atoms with Gasteiger partial charge in [0.2, 0.25) is 0 Å². The van der Waals surface area contributed by atoms with Crippen molar-refractivity contribution in [2.75, 3.05) is 12.4 Å². The predicted octanol–water partition coefficient (Wildman–Crippen LogP) is 3.98. The highest BCUT2D eigenvalue weighted by Gasteiger charge is 2.23. The van der Waals surface area contributed by atoms with Crippen LogP contribution in [0.4, 0.5) is 0 Å². The summed E-state index contributed by atoms with van der Waals surface area (Å²) in [6, 6.07) is 3.58. The molecule has 0 atom stereocenters. The minimum Gasteiger partial charge on any atom is -0.293 e. The molecule has 3 rings (SSSR count). The molecule has 0 aromatic carbocycles. The van der Waals surface area contributed by atoms with Crippen molar-refractivity contribution < 1.29 is 0 Å². The number of aromatic nitrogens is 2. The van der Waals surface area contributed by atoms with E-state index in [4.69, 9.17) is 16.7 Å². The summed E-state index contributed by atoms with van der Waals surface area (Å²) in [6.07, 6.45) is 12.9. The highest BCUT2D eigenvalue weighted by atomic mass is 35.5. The Balaban J connectivity index is 1.62. The Morgan fingerprint density at radius 1 is 1.15 bits per heavy atom. The molecular weight excluding hydrogens is 270 g/mol. The molecule has 2 saturated carbocycles. The lowest BCUT2D eigenvalue weighted by Crippen LogP contribution is -2.34. The first kappa shape index (κ1) is 14.4. The van der Waals surface area contributed by atoms with Gasteiger partial charge in [0.05, 0.1) is 11.7 Å². The van der Waals surface area contributed by atoms with Crippen LogP contribution < -0.4 is 0 Å². The molecule has 0 aliphatic heterocycles. The summed E-state index contributed by atoms with van der Waals surface area (Å²) in [5.74, 6) is 0.722. The third-order valence-electron chi connectivity index (χ3n) is 4.94. The highest BCUT2D eigenvalue weighted by molar-refractivity contribution is 6.18. The normalized spacial score (nSPS) is 21.3. The Kier molecular flexibility index (Phi) is 5.00. The van der Waals surface area contributed by atoms with Crippen LogP contribution in [0.2, 0.25) is 0 Å². The van der Waals surface area contributed by atoms with E-state index in [1.165, 1.54) is 57.1 Å². The number of rotatable bonds is 6. The van der Waals surface area contributed by atoms with Crippen molar-refractivity contribution in [1.82, 2.24) is 14.7 Å². The minimum atomic E-state index is 0.650. The highest BCUT2D eigenvalue weighted by Crippen LogP contribution is 2.29. The van der Waals surface area contributed by atoms with E-state index in [9.17, 15) is 0 Å². The molecule has 0 N–H and O–H groups in total. The van der Waals surface area contributed by atoms with Gasteiger partial charge in [-0.3, -0.25) is 9.58 Å². The fourth-order valence-corrected chi connectivity index (χ4v) is 4.03. The Morgan fingerprint density at radius 3 is 2.55 bits per heavy atom. The van der Waals surface area contributed by atoms with E-state index in [1.54, 1.807) is 0 Å². The maximum atomic E-state index is 5.98. The Labute approximate surface area is 127 Å². The summed E-state index contributed by atoms with van der Waals surface area (Å²) >= 11 is 5.98. The molecule has 2 aliphatic rings. The molecular formula is C16H26ClN3. The summed E-state index contributed by atoms with van der Waals surface area (Å²) in [4.78, 5) is 2.54. The fraction of sp³-hybridized carbons (Fsp3) is 0.812. The largest absolute Gasteiger partial charge is 0.293 e. The van der Waals surface area contributed by atoms with Crippen LogP contribution in [-0.4, -0.2) is 33.1 Å². The predicted molar refractivity (Wildman–Crippen MR) is 83.1 cm³/mol. The van der Waals surface area contributed by atoms with Crippen molar-refractivity contribution in [1.29, 1.82) is 0 Å². The molecule has 20 heavy (non-hydrogen) atoms. The fourth-order valence-electron chi connectivity index (χ4n) is 3.81. The van der Waals surface area contributed by atoms with Crippen molar-refractivity contribution in [3.8, 4) is 0 Å². The molecule has 1 aromatic heterocycles. The van der Waals surface area contributed by atoms with Gasteiger partial charge in [0.1, 0.15) is 0 Å². The molecule has 0 amide bonds. The Hall–Kier alpha value is -0.540. The molecule has 3 nitrogen and oxygen atoms in total. The maximum absolute atomic E-state index is 5.98. The van der Waals surface area contributed by atoms with Crippen LogP contribution in [0.5, 0.6) is 0 Å². The van der Waals surface area contributed by atoms with Crippen LogP contribution in [-0.2, 0) is 6.54 Å². The van der Waals surface area contributed by atoms with Crippen LogP contribution >= 0.6 is 11.6 Å². The van der Waals surface area contributed by atoms with Gasteiger partial charge < -0.3 is 0 Å². The maximum Gasteiger partial charge on any atom is 0.0765 e. The summed E-state index contributed by atoms with van der Waals surface area (Å²) in [6.45, 7) is 1.96. The lowest BCUT2D eigenvalue weighted by atomic mass is 10.2. The van der Waals surface area contributed by atoms with Gasteiger partial charge in [-0.05, 0) is 31.7 Å². The third kappa shape index (κ3) is 3.37. The van der Waals surface area contributed by atoms with Gasteiger partial charge >= 0.3 is 0 Å². The van der Waals surface area contributed by atoms with E-state index in [0.717, 1.165) is 25.0 Å². The van der Waals surface area contributed by atoms with E-state index in [1.807, 2.05) is 0 Å². The van der Waals surface area contributed by atoms with Crippen molar-refractivity contribution >= 4 is 11.6 Å². The van der Waals surface area contributed by atoms with Gasteiger partial charge in [-0.2, -0.15) is 5.10 Å². The zero-order valence-electron chi connectivity index (χ0n) is 12.3. The molecule has 0 spiro atoms. The molecule has 0 radical (unpaired) electrons. The molecule has 1 aromatic rings. The number of alkyl halides is 1. The molecule has 1 heterocycles. The number of halogens is 1. The zero-order valence-corrected chi connectivity index (χ0v) is 13.1. The van der Waals surface area contributed by atoms with Crippen LogP contribution in [0.3, 0.4) is 0 Å². The smallest absolute Gasteiger partial charge is 0.0765 e. The SMILES string of the molecule is ClCCN(Cc1ccn(C2CCCC2)n1)C1CCCC1. The van der Waals surface area contributed by atoms with Gasteiger partial charge in [0, 0.05) is 31.2 Å². The molecule has 2 aliphatic carbocycles. The first-order chi connectivity index (χ1) is 9.86. The number of nitrogens with zero attached hydrogens (tertiary/aromatic N) is 3. The molecule has 0 bridgehead atoms. The Bertz CT molecular complexity index is 406. The average molecular weight is 296 g/mol. The molecule has 4 heteroatoms. The van der Waals surface area contributed by atoms with E-state index in [2.05, 4.69) is 21.8 Å². The number of hydrogen-bond donors (Lipinski definition) is 0. The quantitative estimate of drug-likeness (QED) is 0.740. The summed E-state index contributed by atoms with van der Waals surface area (Å²) in [7, 11) is 0. The van der Waals surface area contributed by atoms with Gasteiger partial charge in [0.15, 0.2) is 0 Å². The zero-order chi connectivity index (χ0) is 13.8. The standard InChI is InChI=1S/C16H26ClN3/c17-10-12-19(15-5-1-2-6-15)13-14-9-11-20(18-14)16-7-3-4-8-16/h9,11,15-16H,1-8,10,12-13H2. The van der Waals surface area contributed by atoms with Crippen LogP contribution in [0.1, 0.15) is 63.1 Å². The number of hydrogen-bond acceptors (Lipinski definition) is 2. The molecule has 0 unspecified atom stereocenters. The van der Waals surface area contributed by atoms with Gasteiger partial charge in [-0.1, -0.05) is 25.7 Å². The molecule has 0 saturated heterocycles. The third-order valence-corrected chi connectivity index (χ3v) is 5.11. The van der Waals surface area contributed by atoms with Crippen LogP contribution in [0.25, 0.3) is 0 Å². The van der Waals surface area contributed by atoms with Crippen LogP contribution in [0.15, 0.2) is 12.3 Å². The first-order valence-electron chi connectivity index (χ1n) is 8.21. The lowest BCUT2D eigenvalue weighted by molar-refractivity contribution is 0.198. The second kappa shape index (κ2) is 6.95. The Morgan fingerprint density at radius 2 is 1.85 bits per heavy atom. The second-order valence-electron chi connectivity index (χ2n) is 6.32. The second-order valence-corrected chi connectivity index (χ2v) is 6.70. The summed E-state index contributed by atoms with van der Waals surface area (Å²) < 4.78 is 2.20. The van der Waals surface area contributed by atoms with E-state index >= 15 is 0 Å². The first-order valence-corrected chi connectivity index (χ1v) is 8.74. The average Bonchev–Trinajstić information content (AvgIpc) is 3.20. The van der Waals surface area contributed by atoms with Crippen molar-refractivity contribution in [2.45, 2.75) is 70.0 Å². The van der Waals surface area contributed by atoms with E-state index in [-0.39, 0.29) is 0 Å². The minimum absolute atomic E-state index is 0.650. The van der Waals surface area contributed by atoms with Crippen molar-refractivity contribution in [2.24, 2.45) is 0 Å². The topological polar surface area (TPSA) is 21.1 Å². The van der Waals surface area contributed by atoms with Gasteiger partial charge in [0.25, 0.3) is 0 Å². The summed E-state index contributed by atoms with van der Waals surface area (Å²) in [5.41, 5.74) is 1.22. The van der Waals surface area contributed by atoms with Gasteiger partial charge in [-0.15, -0.1) is 11.6 Å². The van der Waals surface area contributed by atoms with E-state index < -0.39 is 0 Å². The monoisotopic (exact) mass is 295 g/mol.